The lowest BCUT2D eigenvalue weighted by atomic mass is 9.93. The van der Waals surface area contributed by atoms with Crippen molar-refractivity contribution >= 4 is 42.0 Å². The number of nitrogens with one attached hydrogen (secondary N) is 3. The number of rotatable bonds is 10. The van der Waals surface area contributed by atoms with E-state index in [1.54, 1.807) is 14.0 Å². The standard InChI is InChI=1S/C19H38N4O4.HI/c1-8-19(9-2,23-17(25)27-18(4,5)6)14-22-16(20-7)21-13-11-12-15(24)26-10-3;/h8-14H2,1-7H3,(H,23,25)(H2,20,21,22);1H. The van der Waals surface area contributed by atoms with Crippen molar-refractivity contribution in [3.8, 4) is 0 Å². The third-order valence-electron chi connectivity index (χ3n) is 4.09. The number of alkyl carbamates (subject to hydrolysis) is 1. The lowest BCUT2D eigenvalue weighted by Crippen LogP contribution is -2.57. The van der Waals surface area contributed by atoms with Crippen molar-refractivity contribution in [2.45, 2.75) is 78.4 Å². The van der Waals surface area contributed by atoms with Gasteiger partial charge in [-0.15, -0.1) is 24.0 Å². The van der Waals surface area contributed by atoms with Crippen LogP contribution in [0.1, 0.15) is 67.2 Å². The van der Waals surface area contributed by atoms with Crippen LogP contribution in [0.5, 0.6) is 0 Å². The molecule has 166 valence electrons. The van der Waals surface area contributed by atoms with Gasteiger partial charge in [0.25, 0.3) is 0 Å². The number of nitrogens with zero attached hydrogens (tertiary/aromatic N) is 1. The van der Waals surface area contributed by atoms with E-state index in [-0.39, 0.29) is 29.9 Å². The SMILES string of the molecule is CCOC(=O)CCCNC(=NC)NCC(CC)(CC)NC(=O)OC(C)(C)C.I. The highest BCUT2D eigenvalue weighted by Crippen LogP contribution is 2.16. The first-order valence-electron chi connectivity index (χ1n) is 9.72. The molecule has 0 aliphatic rings. The van der Waals surface area contributed by atoms with E-state index in [4.69, 9.17) is 9.47 Å². The second-order valence-corrected chi connectivity index (χ2v) is 7.38. The molecule has 0 bridgehead atoms. The number of carbonyl (C=O) groups is 2. The third kappa shape index (κ3) is 13.0. The average Bonchev–Trinajstić information content (AvgIpc) is 2.58. The van der Waals surface area contributed by atoms with Crippen molar-refractivity contribution in [2.24, 2.45) is 4.99 Å². The molecule has 0 aromatic heterocycles. The van der Waals surface area contributed by atoms with E-state index >= 15 is 0 Å². The Kier molecular flexibility index (Phi) is 15.2. The van der Waals surface area contributed by atoms with Crippen LogP contribution in [0.15, 0.2) is 4.99 Å². The minimum atomic E-state index is -0.540. The molecule has 0 rings (SSSR count). The molecule has 0 atom stereocenters. The van der Waals surface area contributed by atoms with Gasteiger partial charge in [-0.3, -0.25) is 9.79 Å². The summed E-state index contributed by atoms with van der Waals surface area (Å²) in [5.74, 6) is 0.427. The molecule has 0 aromatic rings. The second kappa shape index (κ2) is 14.7. The minimum Gasteiger partial charge on any atom is -0.466 e. The van der Waals surface area contributed by atoms with Gasteiger partial charge in [0.2, 0.25) is 0 Å². The average molecular weight is 514 g/mol. The van der Waals surface area contributed by atoms with Crippen molar-refractivity contribution in [3.05, 3.63) is 0 Å². The van der Waals surface area contributed by atoms with E-state index in [0.717, 1.165) is 12.8 Å². The van der Waals surface area contributed by atoms with Gasteiger partial charge >= 0.3 is 12.1 Å². The molecule has 0 fully saturated rings. The summed E-state index contributed by atoms with van der Waals surface area (Å²) in [7, 11) is 1.68. The molecule has 28 heavy (non-hydrogen) atoms. The van der Waals surface area contributed by atoms with Gasteiger partial charge in [0.05, 0.1) is 12.1 Å². The van der Waals surface area contributed by atoms with Gasteiger partial charge in [0, 0.05) is 26.6 Å². The molecule has 0 aliphatic heterocycles. The summed E-state index contributed by atoms with van der Waals surface area (Å²) in [6.45, 7) is 12.9. The maximum Gasteiger partial charge on any atom is 0.408 e. The number of hydrogen-bond acceptors (Lipinski definition) is 5. The van der Waals surface area contributed by atoms with Crippen LogP contribution in [0.2, 0.25) is 0 Å². The number of aliphatic imine (C=N–C) groups is 1. The molecular formula is C19H39IN4O4. The zero-order chi connectivity index (χ0) is 20.9. The largest absolute Gasteiger partial charge is 0.466 e. The molecule has 1 amide bonds. The monoisotopic (exact) mass is 514 g/mol. The van der Waals surface area contributed by atoms with Gasteiger partial charge in [-0.05, 0) is 47.0 Å². The predicted molar refractivity (Wildman–Crippen MR) is 123 cm³/mol. The molecule has 3 N–H and O–H groups in total. The fourth-order valence-electron chi connectivity index (χ4n) is 2.39. The summed E-state index contributed by atoms with van der Waals surface area (Å²) in [6, 6.07) is 0. The van der Waals surface area contributed by atoms with Crippen molar-refractivity contribution in [1.29, 1.82) is 0 Å². The zero-order valence-electron chi connectivity index (χ0n) is 18.4. The number of ether oxygens (including phenoxy) is 2. The van der Waals surface area contributed by atoms with Crippen LogP contribution in [0.4, 0.5) is 4.79 Å². The van der Waals surface area contributed by atoms with Crippen LogP contribution in [0.25, 0.3) is 0 Å². The molecule has 0 spiro atoms. The van der Waals surface area contributed by atoms with Crippen LogP contribution in [-0.4, -0.2) is 55.9 Å². The van der Waals surface area contributed by atoms with E-state index in [1.165, 1.54) is 0 Å². The molecule has 0 radical (unpaired) electrons. The number of esters is 1. The van der Waals surface area contributed by atoms with Crippen molar-refractivity contribution in [1.82, 2.24) is 16.0 Å². The highest BCUT2D eigenvalue weighted by atomic mass is 127. The quantitative estimate of drug-likeness (QED) is 0.136. The predicted octanol–water partition coefficient (Wildman–Crippen LogP) is 3.20. The van der Waals surface area contributed by atoms with Gasteiger partial charge in [-0.2, -0.15) is 0 Å². The maximum absolute atomic E-state index is 12.2. The number of halogens is 1. The van der Waals surface area contributed by atoms with Gasteiger partial charge < -0.3 is 25.4 Å². The Labute approximate surface area is 187 Å². The van der Waals surface area contributed by atoms with Gasteiger partial charge in [0.1, 0.15) is 5.60 Å². The van der Waals surface area contributed by atoms with Gasteiger partial charge in [0.15, 0.2) is 5.96 Å². The fourth-order valence-corrected chi connectivity index (χ4v) is 2.39. The molecule has 0 saturated carbocycles. The Balaban J connectivity index is 0. The van der Waals surface area contributed by atoms with Gasteiger partial charge in [-0.1, -0.05) is 13.8 Å². The Morgan fingerprint density at radius 1 is 1.04 bits per heavy atom. The molecular weight excluding hydrogens is 475 g/mol. The molecule has 0 unspecified atom stereocenters. The molecule has 0 aliphatic carbocycles. The highest BCUT2D eigenvalue weighted by Gasteiger charge is 2.30. The number of guanidine groups is 1. The lowest BCUT2D eigenvalue weighted by Gasteiger charge is -2.34. The summed E-state index contributed by atoms with van der Waals surface area (Å²) in [4.78, 5) is 27.7. The Morgan fingerprint density at radius 2 is 1.64 bits per heavy atom. The van der Waals surface area contributed by atoms with E-state index in [9.17, 15) is 9.59 Å². The van der Waals surface area contributed by atoms with E-state index in [2.05, 4.69) is 20.9 Å². The Bertz CT molecular complexity index is 489. The Hall–Kier alpha value is -1.26. The summed E-state index contributed by atoms with van der Waals surface area (Å²) < 4.78 is 10.3. The van der Waals surface area contributed by atoms with Crippen LogP contribution < -0.4 is 16.0 Å². The maximum atomic E-state index is 12.2. The summed E-state index contributed by atoms with van der Waals surface area (Å²) in [6.07, 6.45) is 2.09. The minimum absolute atomic E-state index is 0. The first-order valence-corrected chi connectivity index (χ1v) is 9.72. The van der Waals surface area contributed by atoms with Crippen LogP contribution in [0.3, 0.4) is 0 Å². The molecule has 0 saturated heterocycles. The molecule has 8 nitrogen and oxygen atoms in total. The van der Waals surface area contributed by atoms with Gasteiger partial charge in [-0.25, -0.2) is 4.79 Å². The molecule has 9 heteroatoms. The third-order valence-corrected chi connectivity index (χ3v) is 4.09. The van der Waals surface area contributed by atoms with E-state index < -0.39 is 17.2 Å². The summed E-state index contributed by atoms with van der Waals surface area (Å²) >= 11 is 0. The number of hydrogen-bond donors (Lipinski definition) is 3. The summed E-state index contributed by atoms with van der Waals surface area (Å²) in [5.41, 5.74) is -0.980. The first-order chi connectivity index (χ1) is 12.6. The first kappa shape index (κ1) is 28.9. The van der Waals surface area contributed by atoms with Crippen molar-refractivity contribution < 1.29 is 19.1 Å². The highest BCUT2D eigenvalue weighted by molar-refractivity contribution is 14.0. The normalized spacial score (nSPS) is 11.9. The Morgan fingerprint density at radius 3 is 2.11 bits per heavy atom. The topological polar surface area (TPSA) is 101 Å². The molecule has 0 heterocycles. The number of carbonyl (C=O) groups excluding carboxylic acids is 2. The molecule has 0 aromatic carbocycles. The lowest BCUT2D eigenvalue weighted by molar-refractivity contribution is -0.143. The van der Waals surface area contributed by atoms with E-state index in [0.29, 0.717) is 38.5 Å². The van der Waals surface area contributed by atoms with E-state index in [1.807, 2.05) is 34.6 Å². The summed E-state index contributed by atoms with van der Waals surface area (Å²) in [5, 5.41) is 9.41. The van der Waals surface area contributed by atoms with Crippen LogP contribution >= 0.6 is 24.0 Å². The smallest absolute Gasteiger partial charge is 0.408 e. The zero-order valence-corrected chi connectivity index (χ0v) is 20.8. The van der Waals surface area contributed by atoms with Crippen molar-refractivity contribution in [3.63, 3.8) is 0 Å². The van der Waals surface area contributed by atoms with Crippen LogP contribution in [0, 0.1) is 0 Å². The number of amides is 1. The van der Waals surface area contributed by atoms with Crippen molar-refractivity contribution in [2.75, 3.05) is 26.7 Å². The second-order valence-electron chi connectivity index (χ2n) is 7.38. The van der Waals surface area contributed by atoms with Crippen LogP contribution in [-0.2, 0) is 14.3 Å². The fraction of sp³-hybridized carbons (Fsp3) is 0.842.